The molecule has 28 heavy (non-hydrogen) atoms. The number of amides is 1. The van der Waals surface area contributed by atoms with Crippen LogP contribution in [0.5, 0.6) is 0 Å². The molecule has 1 aromatic carbocycles. The number of hydrogen-bond donors (Lipinski definition) is 0. The minimum Gasteiger partial charge on any atom is -0.462 e. The predicted octanol–water partition coefficient (Wildman–Crippen LogP) is 3.91. The van der Waals surface area contributed by atoms with Gasteiger partial charge in [0.2, 0.25) is 5.76 Å². The van der Waals surface area contributed by atoms with E-state index in [-0.39, 0.29) is 24.7 Å². The minimum atomic E-state index is -0.492. The Kier molecular flexibility index (Phi) is 5.84. The van der Waals surface area contributed by atoms with Gasteiger partial charge in [-0.3, -0.25) is 9.69 Å². The highest BCUT2D eigenvalue weighted by molar-refractivity contribution is 7.17. The molecule has 0 fully saturated rings. The van der Waals surface area contributed by atoms with Crippen LogP contribution >= 0.6 is 11.3 Å². The minimum absolute atomic E-state index is 0.0464. The molecule has 0 saturated heterocycles. The molecule has 0 aliphatic carbocycles. The monoisotopic (exact) mass is 403 g/mol. The van der Waals surface area contributed by atoms with Crippen molar-refractivity contribution < 1.29 is 23.2 Å². The van der Waals surface area contributed by atoms with Gasteiger partial charge in [0, 0.05) is 6.07 Å². The number of rotatable bonds is 6. The first-order valence-corrected chi connectivity index (χ1v) is 9.35. The standard InChI is InChI=1S/C19H18FN3O4S/c1-4-26-18(25)16-12(3)21-19(28-16)23(10-13-5-7-14(20)8-6-13)17(24)15-9-11(2)22-27-15/h5-9H,4,10H2,1-3H3. The highest BCUT2D eigenvalue weighted by atomic mass is 32.1. The molecular formula is C19H18FN3O4S. The molecule has 2 heterocycles. The van der Waals surface area contributed by atoms with E-state index in [1.54, 1.807) is 32.9 Å². The molecule has 7 nitrogen and oxygen atoms in total. The maximum atomic E-state index is 13.2. The van der Waals surface area contributed by atoms with Crippen molar-refractivity contribution in [3.63, 3.8) is 0 Å². The average molecular weight is 403 g/mol. The number of aryl methyl sites for hydroxylation is 2. The van der Waals surface area contributed by atoms with Gasteiger partial charge in [-0.1, -0.05) is 28.6 Å². The van der Waals surface area contributed by atoms with Crippen molar-refractivity contribution in [2.24, 2.45) is 0 Å². The lowest BCUT2D eigenvalue weighted by Gasteiger charge is -2.18. The average Bonchev–Trinajstić information content (AvgIpc) is 3.27. The number of carbonyl (C=O) groups excluding carboxylic acids is 2. The van der Waals surface area contributed by atoms with Crippen LogP contribution in [0.25, 0.3) is 0 Å². The van der Waals surface area contributed by atoms with Crippen LogP contribution < -0.4 is 4.90 Å². The van der Waals surface area contributed by atoms with Gasteiger partial charge in [-0.15, -0.1) is 0 Å². The van der Waals surface area contributed by atoms with Gasteiger partial charge in [0.25, 0.3) is 5.91 Å². The summed E-state index contributed by atoms with van der Waals surface area (Å²) in [5.74, 6) is -1.28. The second-order valence-electron chi connectivity index (χ2n) is 5.98. The zero-order valence-corrected chi connectivity index (χ0v) is 16.4. The number of aromatic nitrogens is 2. The van der Waals surface area contributed by atoms with E-state index >= 15 is 0 Å². The van der Waals surface area contributed by atoms with E-state index < -0.39 is 11.9 Å². The molecule has 0 aliphatic rings. The molecular weight excluding hydrogens is 385 g/mol. The van der Waals surface area contributed by atoms with E-state index in [2.05, 4.69) is 10.1 Å². The summed E-state index contributed by atoms with van der Waals surface area (Å²) in [7, 11) is 0. The molecule has 9 heteroatoms. The topological polar surface area (TPSA) is 85.5 Å². The summed E-state index contributed by atoms with van der Waals surface area (Å²) in [5.41, 5.74) is 1.72. The fraction of sp³-hybridized carbons (Fsp3) is 0.263. The molecule has 0 saturated carbocycles. The predicted molar refractivity (Wildman–Crippen MR) is 101 cm³/mol. The smallest absolute Gasteiger partial charge is 0.350 e. The lowest BCUT2D eigenvalue weighted by Crippen LogP contribution is -2.30. The van der Waals surface area contributed by atoms with Crippen LogP contribution in [0, 0.1) is 19.7 Å². The van der Waals surface area contributed by atoms with Gasteiger partial charge in [0.1, 0.15) is 10.7 Å². The van der Waals surface area contributed by atoms with Crippen molar-refractivity contribution in [1.82, 2.24) is 10.1 Å². The summed E-state index contributed by atoms with van der Waals surface area (Å²) in [6.45, 7) is 5.45. The third-order valence-corrected chi connectivity index (χ3v) is 4.98. The molecule has 0 atom stereocenters. The van der Waals surface area contributed by atoms with Crippen LogP contribution in [0.2, 0.25) is 0 Å². The maximum absolute atomic E-state index is 13.2. The second-order valence-corrected chi connectivity index (χ2v) is 6.96. The number of thiazole rings is 1. The van der Waals surface area contributed by atoms with Crippen LogP contribution in [0.4, 0.5) is 9.52 Å². The molecule has 3 rings (SSSR count). The molecule has 146 valence electrons. The lowest BCUT2D eigenvalue weighted by atomic mass is 10.2. The highest BCUT2D eigenvalue weighted by Gasteiger charge is 2.27. The van der Waals surface area contributed by atoms with E-state index in [0.29, 0.717) is 27.0 Å². The molecule has 3 aromatic rings. The molecule has 0 bridgehead atoms. The van der Waals surface area contributed by atoms with Crippen LogP contribution in [-0.2, 0) is 11.3 Å². The van der Waals surface area contributed by atoms with Gasteiger partial charge in [-0.05, 0) is 38.5 Å². The molecule has 1 amide bonds. The number of halogens is 1. The number of carbonyl (C=O) groups is 2. The Balaban J connectivity index is 1.98. The fourth-order valence-corrected chi connectivity index (χ4v) is 3.44. The quantitative estimate of drug-likeness (QED) is 0.580. The lowest BCUT2D eigenvalue weighted by molar-refractivity contribution is 0.0531. The Morgan fingerprint density at radius 1 is 1.25 bits per heavy atom. The SMILES string of the molecule is CCOC(=O)c1sc(N(Cc2ccc(F)cc2)C(=O)c2cc(C)no2)nc1C. The zero-order valence-electron chi connectivity index (χ0n) is 15.6. The van der Waals surface area contributed by atoms with Crippen molar-refractivity contribution >= 4 is 28.3 Å². The normalized spacial score (nSPS) is 10.7. The summed E-state index contributed by atoms with van der Waals surface area (Å²) in [4.78, 5) is 31.2. The molecule has 0 radical (unpaired) electrons. The van der Waals surface area contributed by atoms with Gasteiger partial charge in [-0.25, -0.2) is 14.2 Å². The van der Waals surface area contributed by atoms with E-state index in [1.807, 2.05) is 0 Å². The molecule has 2 aromatic heterocycles. The van der Waals surface area contributed by atoms with Crippen molar-refractivity contribution in [2.75, 3.05) is 11.5 Å². The van der Waals surface area contributed by atoms with Crippen molar-refractivity contribution in [3.8, 4) is 0 Å². The molecule has 0 spiro atoms. The first kappa shape index (κ1) is 19.7. The van der Waals surface area contributed by atoms with Gasteiger partial charge in [0.15, 0.2) is 5.13 Å². The molecule has 0 aliphatic heterocycles. The van der Waals surface area contributed by atoms with Crippen LogP contribution in [0.15, 0.2) is 34.9 Å². The number of esters is 1. The number of nitrogens with zero attached hydrogens (tertiary/aromatic N) is 3. The summed E-state index contributed by atoms with van der Waals surface area (Å²) >= 11 is 1.05. The van der Waals surface area contributed by atoms with E-state index in [1.165, 1.54) is 23.1 Å². The third-order valence-electron chi connectivity index (χ3n) is 3.81. The Morgan fingerprint density at radius 3 is 2.57 bits per heavy atom. The zero-order chi connectivity index (χ0) is 20.3. The van der Waals surface area contributed by atoms with Crippen LogP contribution in [0.1, 0.15) is 44.1 Å². The van der Waals surface area contributed by atoms with Gasteiger partial charge in [-0.2, -0.15) is 0 Å². The van der Waals surface area contributed by atoms with Crippen molar-refractivity contribution in [2.45, 2.75) is 27.3 Å². The van der Waals surface area contributed by atoms with Gasteiger partial charge < -0.3 is 9.26 Å². The summed E-state index contributed by atoms with van der Waals surface area (Å²) in [6, 6.07) is 7.30. The number of benzene rings is 1. The number of anilines is 1. The molecule has 0 N–H and O–H groups in total. The first-order valence-electron chi connectivity index (χ1n) is 8.53. The van der Waals surface area contributed by atoms with Gasteiger partial charge >= 0.3 is 5.97 Å². The van der Waals surface area contributed by atoms with Gasteiger partial charge in [0.05, 0.1) is 24.5 Å². The number of hydrogen-bond acceptors (Lipinski definition) is 7. The van der Waals surface area contributed by atoms with Crippen molar-refractivity contribution in [1.29, 1.82) is 0 Å². The second kappa shape index (κ2) is 8.30. The van der Waals surface area contributed by atoms with Crippen molar-refractivity contribution in [3.05, 3.63) is 63.7 Å². The first-order chi connectivity index (χ1) is 13.4. The largest absolute Gasteiger partial charge is 0.462 e. The summed E-state index contributed by atoms with van der Waals surface area (Å²) < 4.78 is 23.4. The summed E-state index contributed by atoms with van der Waals surface area (Å²) in [6.07, 6.45) is 0. The Morgan fingerprint density at radius 2 is 1.96 bits per heavy atom. The van der Waals surface area contributed by atoms with E-state index in [9.17, 15) is 14.0 Å². The van der Waals surface area contributed by atoms with Crippen LogP contribution in [0.3, 0.4) is 0 Å². The van der Waals surface area contributed by atoms with Crippen LogP contribution in [-0.4, -0.2) is 28.6 Å². The Hall–Kier alpha value is -3.07. The summed E-state index contributed by atoms with van der Waals surface area (Å²) in [5, 5.41) is 4.05. The third kappa shape index (κ3) is 4.25. The van der Waals surface area contributed by atoms with E-state index in [4.69, 9.17) is 9.26 Å². The Bertz CT molecular complexity index is 997. The number of ether oxygens (including phenoxy) is 1. The fourth-order valence-electron chi connectivity index (χ4n) is 2.48. The highest BCUT2D eigenvalue weighted by Crippen LogP contribution is 2.29. The van der Waals surface area contributed by atoms with E-state index in [0.717, 1.165) is 11.3 Å². The Labute approximate surface area is 164 Å². The maximum Gasteiger partial charge on any atom is 0.350 e. The molecule has 0 unspecified atom stereocenters.